The lowest BCUT2D eigenvalue weighted by molar-refractivity contribution is 1.49. The largest absolute Gasteiger partial charge is 0.192 e. The van der Waals surface area contributed by atoms with Gasteiger partial charge in [-0.15, -0.1) is 11.8 Å². The van der Waals surface area contributed by atoms with Gasteiger partial charge in [0.05, 0.1) is 4.91 Å². The molecule has 9 heavy (non-hydrogen) atoms. The van der Waals surface area contributed by atoms with Crippen molar-refractivity contribution in [3.05, 3.63) is 9.39 Å². The van der Waals surface area contributed by atoms with E-state index in [0.717, 1.165) is 15.1 Å². The van der Waals surface area contributed by atoms with Gasteiger partial charge in [0.1, 0.15) is 6.07 Å². The summed E-state index contributed by atoms with van der Waals surface area (Å²) in [7, 11) is 0. The van der Waals surface area contributed by atoms with E-state index in [9.17, 15) is 0 Å². The van der Waals surface area contributed by atoms with E-state index in [1.165, 1.54) is 0 Å². The molecule has 0 aromatic carbocycles. The van der Waals surface area contributed by atoms with E-state index < -0.39 is 0 Å². The summed E-state index contributed by atoms with van der Waals surface area (Å²) >= 11 is 4.79. The summed E-state index contributed by atoms with van der Waals surface area (Å²) < 4.78 is 0.928. The summed E-state index contributed by atoms with van der Waals surface area (Å²) in [5, 5.41) is 8.47. The third kappa shape index (κ3) is 3.61. The van der Waals surface area contributed by atoms with Crippen LogP contribution in [0.25, 0.3) is 0 Å². The minimum absolute atomic E-state index is 0.775. The van der Waals surface area contributed by atoms with E-state index >= 15 is 0 Å². The van der Waals surface area contributed by atoms with Crippen molar-refractivity contribution < 1.29 is 0 Å². The van der Waals surface area contributed by atoms with Crippen molar-refractivity contribution in [3.63, 3.8) is 0 Å². The number of rotatable bonds is 2. The molecule has 0 aliphatic carbocycles. The van der Waals surface area contributed by atoms with Crippen molar-refractivity contribution in [2.45, 2.75) is 13.8 Å². The fourth-order valence-corrected chi connectivity index (χ4v) is 1.34. The summed E-state index contributed by atoms with van der Waals surface area (Å²) in [5.41, 5.74) is 0. The van der Waals surface area contributed by atoms with Crippen LogP contribution in [-0.4, -0.2) is 5.75 Å². The maximum absolute atomic E-state index is 8.47. The number of nitrogens with zero attached hydrogens (tertiary/aromatic N) is 1. The van der Waals surface area contributed by atoms with Gasteiger partial charge >= 0.3 is 0 Å². The van der Waals surface area contributed by atoms with E-state index in [0.29, 0.717) is 0 Å². The average Bonchev–Trinajstić information content (AvgIpc) is 1.82. The average molecular weight is 206 g/mol. The number of nitriles is 1. The Bertz CT molecular complexity index is 153. The van der Waals surface area contributed by atoms with Crippen LogP contribution in [0.15, 0.2) is 9.39 Å². The highest BCUT2D eigenvalue weighted by Crippen LogP contribution is 2.21. The molecule has 0 saturated carbocycles. The molecule has 0 aliphatic heterocycles. The van der Waals surface area contributed by atoms with Gasteiger partial charge in [-0.25, -0.2) is 0 Å². The second-order valence-corrected chi connectivity index (χ2v) is 3.87. The van der Waals surface area contributed by atoms with Gasteiger partial charge in [0, 0.05) is 4.48 Å². The van der Waals surface area contributed by atoms with Crippen LogP contribution in [0, 0.1) is 11.3 Å². The molecule has 0 fully saturated rings. The summed E-state index contributed by atoms with van der Waals surface area (Å²) in [4.78, 5) is 0.775. The molecule has 50 valence electrons. The Morgan fingerprint density at radius 1 is 1.78 bits per heavy atom. The Morgan fingerprint density at radius 3 is 2.44 bits per heavy atom. The van der Waals surface area contributed by atoms with Gasteiger partial charge in [-0.2, -0.15) is 5.26 Å². The number of hydrogen-bond acceptors (Lipinski definition) is 2. The molecule has 3 heteroatoms. The Hall–Kier alpha value is 0.0600. The molecule has 0 aromatic rings. The molecular formula is C6H8BrNS. The molecule has 0 saturated heterocycles. The summed E-state index contributed by atoms with van der Waals surface area (Å²) in [5.74, 6) is 0.950. The molecule has 0 rings (SSSR count). The van der Waals surface area contributed by atoms with Crippen LogP contribution in [0.4, 0.5) is 0 Å². The molecule has 0 amide bonds. The number of allylic oxidation sites excluding steroid dienone is 2. The smallest absolute Gasteiger partial charge is 0.107 e. The van der Waals surface area contributed by atoms with Crippen molar-refractivity contribution in [3.8, 4) is 6.07 Å². The predicted molar refractivity (Wildman–Crippen MR) is 45.4 cm³/mol. The van der Waals surface area contributed by atoms with Crippen LogP contribution in [0.1, 0.15) is 13.8 Å². The van der Waals surface area contributed by atoms with E-state index in [-0.39, 0.29) is 0 Å². The lowest BCUT2D eigenvalue weighted by Crippen LogP contribution is -1.73. The van der Waals surface area contributed by atoms with Gasteiger partial charge < -0.3 is 0 Å². The van der Waals surface area contributed by atoms with Crippen molar-refractivity contribution in [2.24, 2.45) is 0 Å². The van der Waals surface area contributed by atoms with Crippen LogP contribution < -0.4 is 0 Å². The lowest BCUT2D eigenvalue weighted by atomic mass is 10.6. The van der Waals surface area contributed by atoms with Crippen LogP contribution >= 0.6 is 27.7 Å². The van der Waals surface area contributed by atoms with E-state index in [1.807, 2.05) is 13.8 Å². The molecule has 0 spiro atoms. The molecule has 0 bridgehead atoms. The Balaban J connectivity index is 4.04. The number of hydrogen-bond donors (Lipinski definition) is 0. The van der Waals surface area contributed by atoms with Gasteiger partial charge in [-0.3, -0.25) is 0 Å². The van der Waals surface area contributed by atoms with E-state index in [1.54, 1.807) is 11.8 Å². The third-order valence-corrected chi connectivity index (χ3v) is 2.34. The molecule has 0 aliphatic rings. The van der Waals surface area contributed by atoms with Crippen molar-refractivity contribution in [2.75, 3.05) is 5.75 Å². The minimum atomic E-state index is 0.775. The SMILES string of the molecule is CCSC(C#N)=C(C)Br. The molecule has 0 radical (unpaired) electrons. The Kier molecular flexibility index (Phi) is 4.93. The van der Waals surface area contributed by atoms with Crippen LogP contribution in [0.2, 0.25) is 0 Å². The van der Waals surface area contributed by atoms with Crippen LogP contribution in [-0.2, 0) is 0 Å². The fraction of sp³-hybridized carbons (Fsp3) is 0.500. The van der Waals surface area contributed by atoms with Gasteiger partial charge in [-0.1, -0.05) is 22.9 Å². The fourth-order valence-electron chi connectivity index (χ4n) is 0.353. The Morgan fingerprint density at radius 2 is 2.33 bits per heavy atom. The second kappa shape index (κ2) is 4.89. The van der Waals surface area contributed by atoms with Crippen LogP contribution in [0.5, 0.6) is 0 Å². The summed E-state index contributed by atoms with van der Waals surface area (Å²) in [6, 6.07) is 2.10. The van der Waals surface area contributed by atoms with Gasteiger partial charge in [-0.05, 0) is 12.7 Å². The Labute approximate surface area is 68.3 Å². The normalized spacial score (nSPS) is 12.2. The molecule has 0 N–H and O–H groups in total. The molecule has 0 unspecified atom stereocenters. The zero-order valence-electron chi connectivity index (χ0n) is 5.44. The highest BCUT2D eigenvalue weighted by atomic mass is 79.9. The first-order valence-electron chi connectivity index (χ1n) is 2.61. The second-order valence-electron chi connectivity index (χ2n) is 1.41. The lowest BCUT2D eigenvalue weighted by Gasteiger charge is -1.93. The van der Waals surface area contributed by atoms with E-state index in [4.69, 9.17) is 5.26 Å². The number of halogens is 1. The zero-order chi connectivity index (χ0) is 7.28. The maximum atomic E-state index is 8.47. The summed E-state index contributed by atoms with van der Waals surface area (Å²) in [6.07, 6.45) is 0. The first kappa shape index (κ1) is 9.06. The van der Waals surface area contributed by atoms with E-state index in [2.05, 4.69) is 22.0 Å². The molecular weight excluding hydrogens is 198 g/mol. The monoisotopic (exact) mass is 205 g/mol. The van der Waals surface area contributed by atoms with Crippen molar-refractivity contribution in [1.82, 2.24) is 0 Å². The third-order valence-electron chi connectivity index (χ3n) is 0.703. The first-order valence-corrected chi connectivity index (χ1v) is 4.39. The van der Waals surface area contributed by atoms with Crippen molar-refractivity contribution >= 4 is 27.7 Å². The molecule has 1 nitrogen and oxygen atoms in total. The standard InChI is InChI=1S/C6H8BrNS/c1-3-9-6(4-8)5(2)7/h3H2,1-2H3. The maximum Gasteiger partial charge on any atom is 0.107 e. The van der Waals surface area contributed by atoms with Crippen molar-refractivity contribution in [1.29, 1.82) is 5.26 Å². The predicted octanol–water partition coefficient (Wildman–Crippen LogP) is 2.89. The highest BCUT2D eigenvalue weighted by Gasteiger charge is 1.95. The molecule has 0 heterocycles. The number of thioether (sulfide) groups is 1. The first-order chi connectivity index (χ1) is 4.22. The highest BCUT2D eigenvalue weighted by molar-refractivity contribution is 9.11. The molecule has 0 aromatic heterocycles. The van der Waals surface area contributed by atoms with Gasteiger partial charge in [0.2, 0.25) is 0 Å². The minimum Gasteiger partial charge on any atom is -0.192 e. The molecule has 0 atom stereocenters. The zero-order valence-corrected chi connectivity index (χ0v) is 7.84. The van der Waals surface area contributed by atoms with Gasteiger partial charge in [0.25, 0.3) is 0 Å². The summed E-state index contributed by atoms with van der Waals surface area (Å²) in [6.45, 7) is 3.90. The quantitative estimate of drug-likeness (QED) is 0.648. The topological polar surface area (TPSA) is 23.8 Å². The van der Waals surface area contributed by atoms with Gasteiger partial charge in [0.15, 0.2) is 0 Å². The van der Waals surface area contributed by atoms with Crippen LogP contribution in [0.3, 0.4) is 0 Å².